The second-order valence-corrected chi connectivity index (χ2v) is 14.6. The summed E-state index contributed by atoms with van der Waals surface area (Å²) in [5, 5.41) is 14.4. The fraction of sp³-hybridized carbons (Fsp3) is 0. The number of fused-ring (bicyclic) bond motifs is 4. The highest BCUT2D eigenvalue weighted by atomic mass is 15.0. The molecule has 9 aromatic carbocycles. The van der Waals surface area contributed by atoms with Crippen molar-refractivity contribution < 1.29 is 0 Å². The number of aromatic nitrogens is 3. The molecule has 4 nitrogen and oxygen atoms in total. The molecule has 10 aromatic rings. The molecule has 1 aromatic heterocycles. The van der Waals surface area contributed by atoms with Gasteiger partial charge in [0, 0.05) is 16.7 Å². The molecule has 0 fully saturated rings. The van der Waals surface area contributed by atoms with E-state index in [9.17, 15) is 5.26 Å². The highest BCUT2D eigenvalue weighted by molar-refractivity contribution is 6.24. The maximum absolute atomic E-state index is 9.56. The van der Waals surface area contributed by atoms with Gasteiger partial charge in [-0.15, -0.1) is 0 Å². The molecule has 11 rings (SSSR count). The molecule has 268 valence electrons. The lowest BCUT2D eigenvalue weighted by atomic mass is 9.86. The molecule has 0 unspecified atom stereocenters. The van der Waals surface area contributed by atoms with E-state index in [0.29, 0.717) is 23.0 Å². The number of hydrogen-bond acceptors (Lipinski definition) is 4. The van der Waals surface area contributed by atoms with Crippen molar-refractivity contribution >= 4 is 21.5 Å². The summed E-state index contributed by atoms with van der Waals surface area (Å²) in [5.74, 6) is 1.92. The van der Waals surface area contributed by atoms with E-state index in [0.717, 1.165) is 38.9 Å². The highest BCUT2D eigenvalue weighted by Gasteiger charge is 2.25. The van der Waals surface area contributed by atoms with Gasteiger partial charge in [0.1, 0.15) is 0 Å². The van der Waals surface area contributed by atoms with Gasteiger partial charge in [-0.25, -0.2) is 15.0 Å². The van der Waals surface area contributed by atoms with Gasteiger partial charge in [-0.1, -0.05) is 182 Å². The number of rotatable bonds is 6. The molecule has 0 saturated heterocycles. The van der Waals surface area contributed by atoms with Gasteiger partial charge in [-0.3, -0.25) is 0 Å². The lowest BCUT2D eigenvalue weighted by Gasteiger charge is -2.17. The predicted molar refractivity (Wildman–Crippen MR) is 237 cm³/mol. The van der Waals surface area contributed by atoms with Crippen LogP contribution < -0.4 is 0 Å². The summed E-state index contributed by atoms with van der Waals surface area (Å²) in [6.07, 6.45) is 0. The van der Waals surface area contributed by atoms with Crippen molar-refractivity contribution in [1.29, 1.82) is 5.26 Å². The Morgan fingerprint density at radius 1 is 0.276 bits per heavy atom. The Labute approximate surface area is 336 Å². The first-order chi connectivity index (χ1) is 28.7. The molecule has 1 aliphatic carbocycles. The van der Waals surface area contributed by atoms with Gasteiger partial charge < -0.3 is 0 Å². The Balaban J connectivity index is 1.05. The van der Waals surface area contributed by atoms with Crippen LogP contribution in [0.25, 0.3) is 111 Å². The summed E-state index contributed by atoms with van der Waals surface area (Å²) in [7, 11) is 0. The Morgan fingerprint density at radius 2 is 0.655 bits per heavy atom. The third kappa shape index (κ3) is 5.49. The number of nitriles is 1. The molecule has 0 aliphatic heterocycles. The first-order valence-electron chi connectivity index (χ1n) is 19.4. The summed E-state index contributed by atoms with van der Waals surface area (Å²) >= 11 is 0. The van der Waals surface area contributed by atoms with Crippen LogP contribution in [0.4, 0.5) is 0 Å². The van der Waals surface area contributed by atoms with Gasteiger partial charge in [0.25, 0.3) is 0 Å². The molecule has 1 heterocycles. The monoisotopic (exact) mass is 736 g/mol. The predicted octanol–water partition coefficient (Wildman–Crippen LogP) is 13.7. The van der Waals surface area contributed by atoms with E-state index in [4.69, 9.17) is 15.0 Å². The highest BCUT2D eigenvalue weighted by Crippen LogP contribution is 2.52. The van der Waals surface area contributed by atoms with E-state index >= 15 is 0 Å². The molecule has 1 aliphatic rings. The molecule has 0 spiro atoms. The Bertz CT molecular complexity index is 3170. The topological polar surface area (TPSA) is 62.5 Å². The molecule has 0 N–H and O–H groups in total. The fourth-order valence-electron chi connectivity index (χ4n) is 8.62. The van der Waals surface area contributed by atoms with Crippen molar-refractivity contribution in [2.24, 2.45) is 0 Å². The lowest BCUT2D eigenvalue weighted by Crippen LogP contribution is -2.00. The summed E-state index contributed by atoms with van der Waals surface area (Å²) in [4.78, 5) is 14.8. The summed E-state index contributed by atoms with van der Waals surface area (Å²) in [6.45, 7) is 0. The Morgan fingerprint density at radius 3 is 1.21 bits per heavy atom. The van der Waals surface area contributed by atoms with Crippen LogP contribution >= 0.6 is 0 Å². The second kappa shape index (κ2) is 13.6. The third-order valence-corrected chi connectivity index (χ3v) is 11.4. The van der Waals surface area contributed by atoms with Gasteiger partial charge in [0.05, 0.1) is 11.6 Å². The maximum Gasteiger partial charge on any atom is 0.164 e. The quantitative estimate of drug-likeness (QED) is 0.170. The van der Waals surface area contributed by atoms with Crippen LogP contribution in [-0.4, -0.2) is 15.0 Å². The van der Waals surface area contributed by atoms with Crippen molar-refractivity contribution in [3.63, 3.8) is 0 Å². The minimum atomic E-state index is 0.631. The summed E-state index contributed by atoms with van der Waals surface area (Å²) < 4.78 is 0. The molecule has 58 heavy (non-hydrogen) atoms. The van der Waals surface area contributed by atoms with E-state index in [2.05, 4.69) is 127 Å². The summed E-state index contributed by atoms with van der Waals surface area (Å²) in [6, 6.07) is 70.0. The van der Waals surface area contributed by atoms with E-state index in [1.165, 1.54) is 54.9 Å². The van der Waals surface area contributed by atoms with E-state index in [-0.39, 0.29) is 0 Å². The first kappa shape index (κ1) is 33.3. The van der Waals surface area contributed by atoms with Crippen LogP contribution in [0.1, 0.15) is 5.56 Å². The fourth-order valence-corrected chi connectivity index (χ4v) is 8.62. The average Bonchev–Trinajstić information content (AvgIpc) is 3.63. The smallest absolute Gasteiger partial charge is 0.164 e. The van der Waals surface area contributed by atoms with Gasteiger partial charge in [0.15, 0.2) is 17.5 Å². The maximum atomic E-state index is 9.56. The molecular formula is C54H32N4. The minimum absolute atomic E-state index is 0.631. The molecule has 4 heteroatoms. The molecule has 0 saturated carbocycles. The zero-order chi connectivity index (χ0) is 38.6. The van der Waals surface area contributed by atoms with Crippen molar-refractivity contribution in [3.05, 3.63) is 200 Å². The van der Waals surface area contributed by atoms with Crippen LogP contribution in [0.15, 0.2) is 194 Å². The molecule has 0 atom stereocenters. The second-order valence-electron chi connectivity index (χ2n) is 14.6. The standard InChI is InChI=1S/C54H32N4/c55-33-34-21-23-36(24-22-34)41-29-30-48-44-15-7-8-16-45(44)49-32-31-47(50(41)51(48)49)46-20-10-18-42-40(17-9-19-43(42)46)35-25-27-39(28-26-35)54-57-52(37-11-3-1-4-12-37)56-53(58-54)38-13-5-2-6-14-38/h1-32H. The third-order valence-electron chi connectivity index (χ3n) is 11.4. The molecular weight excluding hydrogens is 705 g/mol. The van der Waals surface area contributed by atoms with Crippen molar-refractivity contribution in [2.75, 3.05) is 0 Å². The van der Waals surface area contributed by atoms with Gasteiger partial charge >= 0.3 is 0 Å². The van der Waals surface area contributed by atoms with Crippen LogP contribution in [0.2, 0.25) is 0 Å². The van der Waals surface area contributed by atoms with E-state index < -0.39 is 0 Å². The number of nitrogens with zero attached hydrogens (tertiary/aromatic N) is 4. The average molecular weight is 737 g/mol. The molecule has 0 amide bonds. The Hall–Kier alpha value is -8.00. The van der Waals surface area contributed by atoms with Crippen molar-refractivity contribution in [3.8, 4) is 95.9 Å². The van der Waals surface area contributed by atoms with Crippen LogP contribution in [0.5, 0.6) is 0 Å². The zero-order valence-corrected chi connectivity index (χ0v) is 31.3. The van der Waals surface area contributed by atoms with E-state index in [1.54, 1.807) is 0 Å². The van der Waals surface area contributed by atoms with Crippen molar-refractivity contribution in [1.82, 2.24) is 15.0 Å². The SMILES string of the molecule is N#Cc1ccc(-c2ccc3c4c(ccc(-c5cccc6c(-c7ccc(-c8nc(-c9ccccc9)nc(-c9ccccc9)n8)cc7)cccc56)c24)-c2ccccc2-3)cc1. The minimum Gasteiger partial charge on any atom is -0.208 e. The van der Waals surface area contributed by atoms with Crippen LogP contribution in [0.3, 0.4) is 0 Å². The van der Waals surface area contributed by atoms with Gasteiger partial charge in [0.2, 0.25) is 0 Å². The van der Waals surface area contributed by atoms with Crippen molar-refractivity contribution in [2.45, 2.75) is 0 Å². The van der Waals surface area contributed by atoms with Gasteiger partial charge in [-0.05, 0) is 89.3 Å². The number of hydrogen-bond donors (Lipinski definition) is 0. The first-order valence-corrected chi connectivity index (χ1v) is 19.4. The normalized spacial score (nSPS) is 11.4. The van der Waals surface area contributed by atoms with Gasteiger partial charge in [-0.2, -0.15) is 5.26 Å². The lowest BCUT2D eigenvalue weighted by molar-refractivity contribution is 1.07. The number of benzene rings is 9. The Kier molecular flexibility index (Phi) is 7.84. The molecule has 0 radical (unpaired) electrons. The molecule has 0 bridgehead atoms. The van der Waals surface area contributed by atoms with Crippen LogP contribution in [-0.2, 0) is 0 Å². The van der Waals surface area contributed by atoms with Crippen LogP contribution in [0, 0.1) is 11.3 Å². The zero-order valence-electron chi connectivity index (χ0n) is 31.3. The largest absolute Gasteiger partial charge is 0.208 e. The van der Waals surface area contributed by atoms with E-state index in [1.807, 2.05) is 72.8 Å². The summed E-state index contributed by atoms with van der Waals surface area (Å²) in [5.41, 5.74) is 15.4.